The molecule has 0 spiro atoms. The molecular weight excluding hydrogens is 350 g/mol. The lowest BCUT2D eigenvalue weighted by Gasteiger charge is -2.28. The van der Waals surface area contributed by atoms with Gasteiger partial charge in [-0.25, -0.2) is 9.18 Å². The predicted molar refractivity (Wildman–Crippen MR) is 63.7 cm³/mol. The molecule has 0 saturated carbocycles. The molecule has 0 saturated heterocycles. The van der Waals surface area contributed by atoms with Crippen molar-refractivity contribution in [2.75, 3.05) is 0 Å². The van der Waals surface area contributed by atoms with Crippen molar-refractivity contribution in [2.45, 2.75) is 18.6 Å². The number of alkyl halides is 3. The summed E-state index contributed by atoms with van der Waals surface area (Å²) in [6, 6.07) is 2.80. The molecule has 4 nitrogen and oxygen atoms in total. The number of hydrogen-bond acceptors (Lipinski definition) is 2. The molecule has 1 rings (SSSR count). The molecule has 20 heavy (non-hydrogen) atoms. The van der Waals surface area contributed by atoms with Crippen molar-refractivity contribution in [1.29, 1.82) is 0 Å². The highest BCUT2D eigenvalue weighted by molar-refractivity contribution is 9.10. The van der Waals surface area contributed by atoms with E-state index in [-0.39, 0.29) is 4.47 Å². The van der Waals surface area contributed by atoms with Crippen LogP contribution in [0.2, 0.25) is 0 Å². The normalized spacial score (nSPS) is 14.5. The summed E-state index contributed by atoms with van der Waals surface area (Å²) in [6.07, 6.45) is -5.21. The molecule has 1 aromatic rings. The molecule has 1 unspecified atom stereocenters. The highest BCUT2D eigenvalue weighted by Gasteiger charge is 2.58. The fourth-order valence-corrected chi connectivity index (χ4v) is 1.64. The molecule has 2 N–H and O–H groups in total. The molecule has 1 amide bonds. The Morgan fingerprint density at radius 2 is 1.85 bits per heavy atom. The topological polar surface area (TPSA) is 66.4 Å². The number of hydrogen-bond donors (Lipinski definition) is 2. The maximum absolute atomic E-state index is 13.0. The van der Waals surface area contributed by atoms with E-state index in [9.17, 15) is 27.2 Å². The van der Waals surface area contributed by atoms with Gasteiger partial charge in [-0.15, -0.1) is 0 Å². The van der Waals surface area contributed by atoms with Crippen LogP contribution in [0, 0.1) is 5.82 Å². The van der Waals surface area contributed by atoms with Gasteiger partial charge in [0.2, 0.25) is 5.54 Å². The Morgan fingerprint density at radius 1 is 1.30 bits per heavy atom. The molecule has 0 aliphatic rings. The highest BCUT2D eigenvalue weighted by atomic mass is 79.9. The maximum Gasteiger partial charge on any atom is 0.422 e. The van der Waals surface area contributed by atoms with Gasteiger partial charge in [0, 0.05) is 4.47 Å². The zero-order valence-electron chi connectivity index (χ0n) is 9.89. The van der Waals surface area contributed by atoms with Crippen molar-refractivity contribution < 1.29 is 32.3 Å². The number of benzene rings is 1. The van der Waals surface area contributed by atoms with Crippen molar-refractivity contribution in [3.8, 4) is 0 Å². The first kappa shape index (κ1) is 16.4. The van der Waals surface area contributed by atoms with E-state index in [1.807, 2.05) is 0 Å². The summed E-state index contributed by atoms with van der Waals surface area (Å²) < 4.78 is 51.2. The van der Waals surface area contributed by atoms with Gasteiger partial charge in [-0.1, -0.05) is 0 Å². The van der Waals surface area contributed by atoms with Crippen molar-refractivity contribution in [3.63, 3.8) is 0 Å². The number of amides is 1. The van der Waals surface area contributed by atoms with Crippen LogP contribution in [0.25, 0.3) is 0 Å². The first-order chi connectivity index (χ1) is 8.99. The van der Waals surface area contributed by atoms with Gasteiger partial charge >= 0.3 is 12.1 Å². The summed E-state index contributed by atoms with van der Waals surface area (Å²) in [6.45, 7) is 0.306. The van der Waals surface area contributed by atoms with E-state index < -0.39 is 35.0 Å². The van der Waals surface area contributed by atoms with E-state index in [0.717, 1.165) is 12.1 Å². The Kier molecular flexibility index (Phi) is 4.42. The fourth-order valence-electron chi connectivity index (χ4n) is 1.21. The van der Waals surface area contributed by atoms with Gasteiger partial charge in [0.1, 0.15) is 5.82 Å². The average molecular weight is 358 g/mol. The van der Waals surface area contributed by atoms with E-state index >= 15 is 0 Å². The number of carbonyl (C=O) groups is 2. The van der Waals surface area contributed by atoms with E-state index in [1.165, 1.54) is 5.32 Å². The third-order valence-corrected chi connectivity index (χ3v) is 3.22. The van der Waals surface area contributed by atoms with Crippen LogP contribution in [0.4, 0.5) is 17.6 Å². The predicted octanol–water partition coefficient (Wildman–Crippen LogP) is 2.72. The minimum Gasteiger partial charge on any atom is -0.479 e. The summed E-state index contributed by atoms with van der Waals surface area (Å²) >= 11 is 2.87. The maximum atomic E-state index is 13.0. The summed E-state index contributed by atoms with van der Waals surface area (Å²) in [5, 5.41) is 10.0. The van der Waals surface area contributed by atoms with Gasteiger partial charge in [-0.05, 0) is 41.1 Å². The summed E-state index contributed by atoms with van der Waals surface area (Å²) in [5.41, 5.74) is -3.92. The van der Waals surface area contributed by atoms with Crippen LogP contribution in [-0.4, -0.2) is 28.7 Å². The lowest BCUT2D eigenvalue weighted by atomic mass is 10.0. The number of aliphatic carboxylic acids is 1. The minimum atomic E-state index is -5.21. The third-order valence-electron chi connectivity index (χ3n) is 2.53. The minimum absolute atomic E-state index is 0.0336. The van der Waals surface area contributed by atoms with E-state index in [2.05, 4.69) is 15.9 Å². The van der Waals surface area contributed by atoms with Crippen LogP contribution >= 0.6 is 15.9 Å². The molecule has 0 bridgehead atoms. The molecular formula is C11H8BrF4NO3. The molecule has 0 aliphatic carbocycles. The van der Waals surface area contributed by atoms with Crippen molar-refractivity contribution >= 4 is 27.8 Å². The molecule has 0 fully saturated rings. The first-order valence-electron chi connectivity index (χ1n) is 5.06. The monoisotopic (exact) mass is 357 g/mol. The fraction of sp³-hybridized carbons (Fsp3) is 0.273. The summed E-state index contributed by atoms with van der Waals surface area (Å²) in [5.74, 6) is -4.48. The Bertz CT molecular complexity index is 561. The quantitative estimate of drug-likeness (QED) is 0.817. The molecule has 0 aromatic heterocycles. The van der Waals surface area contributed by atoms with Gasteiger partial charge in [0.05, 0.1) is 5.56 Å². The Morgan fingerprint density at radius 3 is 2.30 bits per heavy atom. The number of nitrogens with one attached hydrogen (secondary N) is 1. The number of halogens is 5. The van der Waals surface area contributed by atoms with Gasteiger partial charge in [-0.3, -0.25) is 4.79 Å². The van der Waals surface area contributed by atoms with Crippen LogP contribution in [0.3, 0.4) is 0 Å². The van der Waals surface area contributed by atoms with Gasteiger partial charge in [-0.2, -0.15) is 13.2 Å². The second kappa shape index (κ2) is 5.39. The van der Waals surface area contributed by atoms with Gasteiger partial charge in [0.25, 0.3) is 5.91 Å². The van der Waals surface area contributed by atoms with E-state index in [1.54, 1.807) is 0 Å². The standard InChI is InChI=1S/C11H8BrF4NO3/c1-10(9(19)20,11(14,15)16)17-8(18)6-4-5(13)2-3-7(6)12/h2-4H,1H3,(H,17,18)(H,19,20). The lowest BCUT2D eigenvalue weighted by Crippen LogP contribution is -2.61. The molecule has 1 atom stereocenters. The van der Waals surface area contributed by atoms with Crippen LogP contribution in [0.1, 0.15) is 17.3 Å². The third kappa shape index (κ3) is 3.09. The molecule has 0 radical (unpaired) electrons. The van der Waals surface area contributed by atoms with Crippen LogP contribution < -0.4 is 5.32 Å². The number of rotatable bonds is 3. The SMILES string of the molecule is CC(NC(=O)c1cc(F)ccc1Br)(C(=O)O)C(F)(F)F. The highest BCUT2D eigenvalue weighted by Crippen LogP contribution is 2.31. The molecule has 0 aliphatic heterocycles. The zero-order chi connectivity index (χ0) is 15.7. The van der Waals surface area contributed by atoms with E-state index in [4.69, 9.17) is 5.11 Å². The van der Waals surface area contributed by atoms with Gasteiger partial charge < -0.3 is 10.4 Å². The van der Waals surface area contributed by atoms with Crippen molar-refractivity contribution in [3.05, 3.63) is 34.1 Å². The second-order valence-electron chi connectivity index (χ2n) is 4.01. The second-order valence-corrected chi connectivity index (χ2v) is 4.86. The van der Waals surface area contributed by atoms with Crippen LogP contribution in [0.5, 0.6) is 0 Å². The molecule has 0 heterocycles. The number of carbonyl (C=O) groups excluding carboxylic acids is 1. The van der Waals surface area contributed by atoms with Gasteiger partial charge in [0.15, 0.2) is 0 Å². The number of carboxylic acid groups (broad SMARTS) is 1. The Labute approximate surface area is 118 Å². The van der Waals surface area contributed by atoms with Crippen molar-refractivity contribution in [2.24, 2.45) is 0 Å². The number of carboxylic acids is 1. The van der Waals surface area contributed by atoms with Crippen LogP contribution in [-0.2, 0) is 4.79 Å². The Balaban J connectivity index is 3.16. The average Bonchev–Trinajstić information content (AvgIpc) is 2.30. The van der Waals surface area contributed by atoms with E-state index in [0.29, 0.717) is 13.0 Å². The Hall–Kier alpha value is -1.64. The molecule has 1 aromatic carbocycles. The summed E-state index contributed by atoms with van der Waals surface area (Å²) in [4.78, 5) is 22.5. The molecule has 9 heteroatoms. The van der Waals surface area contributed by atoms with Crippen molar-refractivity contribution in [1.82, 2.24) is 5.32 Å². The smallest absolute Gasteiger partial charge is 0.422 e. The lowest BCUT2D eigenvalue weighted by molar-refractivity contribution is -0.203. The van der Waals surface area contributed by atoms with Crippen LogP contribution in [0.15, 0.2) is 22.7 Å². The summed E-state index contributed by atoms with van der Waals surface area (Å²) in [7, 11) is 0. The molecule has 110 valence electrons. The first-order valence-corrected chi connectivity index (χ1v) is 5.86. The largest absolute Gasteiger partial charge is 0.479 e. The zero-order valence-corrected chi connectivity index (χ0v) is 11.5.